The van der Waals surface area contributed by atoms with Crippen molar-refractivity contribution in [3.63, 3.8) is 0 Å². The van der Waals surface area contributed by atoms with E-state index in [2.05, 4.69) is 26.7 Å². The monoisotopic (exact) mass is 222 g/mol. The van der Waals surface area contributed by atoms with Gasteiger partial charge in [0, 0.05) is 36.4 Å². The summed E-state index contributed by atoms with van der Waals surface area (Å²) in [6.45, 7) is 0. The number of pyridine rings is 1. The van der Waals surface area contributed by atoms with E-state index in [4.69, 9.17) is 0 Å². The average Bonchev–Trinajstić information content (AvgIpc) is 2.95. The molecule has 0 aliphatic rings. The maximum atomic E-state index is 4.40. The summed E-state index contributed by atoms with van der Waals surface area (Å²) in [6.07, 6.45) is 7.67. The predicted molar refractivity (Wildman–Crippen MR) is 67.0 cm³/mol. The third-order valence-electron chi connectivity index (χ3n) is 3.23. The lowest BCUT2D eigenvalue weighted by Gasteiger charge is -2.03. The van der Waals surface area contributed by atoms with Gasteiger partial charge in [-0.25, -0.2) is 9.97 Å². The van der Waals surface area contributed by atoms with E-state index in [-0.39, 0.29) is 0 Å². The lowest BCUT2D eigenvalue weighted by molar-refractivity contribution is 0.950. The van der Waals surface area contributed by atoms with Crippen LogP contribution in [0, 0.1) is 0 Å². The van der Waals surface area contributed by atoms with Crippen LogP contribution >= 0.6 is 0 Å². The van der Waals surface area contributed by atoms with Crippen LogP contribution in [-0.4, -0.2) is 18.9 Å². The highest BCUT2D eigenvalue weighted by atomic mass is 15.0. The fourth-order valence-corrected chi connectivity index (χ4v) is 2.44. The van der Waals surface area contributed by atoms with Gasteiger partial charge in [-0.1, -0.05) is 0 Å². The topological polar surface area (TPSA) is 35.1 Å². The van der Waals surface area contributed by atoms with Crippen LogP contribution in [0.5, 0.6) is 0 Å². The first-order chi connectivity index (χ1) is 8.34. The molecular weight excluding hydrogens is 212 g/mol. The van der Waals surface area contributed by atoms with Crippen molar-refractivity contribution < 1.29 is 0 Å². The van der Waals surface area contributed by atoms with Gasteiger partial charge in [0.2, 0.25) is 0 Å². The van der Waals surface area contributed by atoms with Gasteiger partial charge in [0.1, 0.15) is 5.65 Å². The van der Waals surface area contributed by atoms with Crippen molar-refractivity contribution in [3.8, 4) is 0 Å². The molecule has 0 saturated heterocycles. The number of hydrogen-bond acceptors (Lipinski definition) is 2. The Kier molecular flexibility index (Phi) is 1.47. The Balaban J connectivity index is 2.37. The predicted octanol–water partition coefficient (Wildman–Crippen LogP) is 2.37. The van der Waals surface area contributed by atoms with Crippen molar-refractivity contribution >= 4 is 27.5 Å². The molecule has 4 heteroatoms. The Bertz CT molecular complexity index is 854. The first kappa shape index (κ1) is 8.75. The smallest absolute Gasteiger partial charge is 0.144 e. The molecule has 0 bridgehead atoms. The van der Waals surface area contributed by atoms with Gasteiger partial charge in [-0.05, 0) is 18.2 Å². The molecule has 0 amide bonds. The second kappa shape index (κ2) is 2.85. The molecule has 82 valence electrons. The van der Waals surface area contributed by atoms with Crippen LogP contribution in [-0.2, 0) is 7.05 Å². The summed E-state index contributed by atoms with van der Waals surface area (Å²) in [4.78, 5) is 8.77. The first-order valence-corrected chi connectivity index (χ1v) is 5.50. The van der Waals surface area contributed by atoms with E-state index in [0.717, 1.165) is 22.1 Å². The van der Waals surface area contributed by atoms with Crippen LogP contribution in [0.25, 0.3) is 27.5 Å². The third-order valence-corrected chi connectivity index (χ3v) is 3.23. The lowest BCUT2D eigenvalue weighted by Crippen LogP contribution is -1.89. The number of hydrogen-bond donors (Lipinski definition) is 0. The van der Waals surface area contributed by atoms with Gasteiger partial charge in [-0.3, -0.25) is 0 Å². The molecule has 0 spiro atoms. The zero-order chi connectivity index (χ0) is 11.4. The summed E-state index contributed by atoms with van der Waals surface area (Å²) in [6, 6.07) is 6.26. The van der Waals surface area contributed by atoms with Gasteiger partial charge in [0.05, 0.1) is 17.4 Å². The SMILES string of the molecule is Cn1cnc2ccc3c(ccn4ccnc34)c21. The molecule has 3 heterocycles. The van der Waals surface area contributed by atoms with Gasteiger partial charge >= 0.3 is 0 Å². The molecule has 0 saturated carbocycles. The molecule has 1 aromatic carbocycles. The van der Waals surface area contributed by atoms with E-state index < -0.39 is 0 Å². The van der Waals surface area contributed by atoms with Crippen molar-refractivity contribution in [1.82, 2.24) is 18.9 Å². The number of aryl methyl sites for hydroxylation is 1. The maximum Gasteiger partial charge on any atom is 0.144 e. The zero-order valence-corrected chi connectivity index (χ0v) is 9.33. The molecule has 4 nitrogen and oxygen atoms in total. The quantitative estimate of drug-likeness (QED) is 0.458. The molecule has 0 fully saturated rings. The van der Waals surface area contributed by atoms with Crippen LogP contribution in [0.3, 0.4) is 0 Å². The zero-order valence-electron chi connectivity index (χ0n) is 9.33. The van der Waals surface area contributed by atoms with Crippen LogP contribution in [0.4, 0.5) is 0 Å². The lowest BCUT2D eigenvalue weighted by atomic mass is 10.1. The van der Waals surface area contributed by atoms with Gasteiger partial charge in [-0.2, -0.15) is 0 Å². The molecule has 0 aliphatic heterocycles. The van der Waals surface area contributed by atoms with Crippen LogP contribution in [0.1, 0.15) is 0 Å². The average molecular weight is 222 g/mol. The van der Waals surface area contributed by atoms with Gasteiger partial charge in [0.25, 0.3) is 0 Å². The fourth-order valence-electron chi connectivity index (χ4n) is 2.44. The molecule has 0 atom stereocenters. The molecule has 0 N–H and O–H groups in total. The van der Waals surface area contributed by atoms with E-state index in [0.29, 0.717) is 0 Å². The normalized spacial score (nSPS) is 11.8. The molecule has 4 rings (SSSR count). The van der Waals surface area contributed by atoms with E-state index >= 15 is 0 Å². The number of nitrogens with zero attached hydrogens (tertiary/aromatic N) is 4. The second-order valence-corrected chi connectivity index (χ2v) is 4.22. The van der Waals surface area contributed by atoms with Crippen LogP contribution < -0.4 is 0 Å². The number of imidazole rings is 2. The van der Waals surface area contributed by atoms with E-state index in [1.54, 1.807) is 0 Å². The molecule has 0 radical (unpaired) electrons. The van der Waals surface area contributed by atoms with Crippen molar-refractivity contribution in [2.75, 3.05) is 0 Å². The van der Waals surface area contributed by atoms with E-state index in [1.807, 2.05) is 42.4 Å². The molecule has 3 aromatic heterocycles. The highest BCUT2D eigenvalue weighted by Crippen LogP contribution is 2.26. The first-order valence-electron chi connectivity index (χ1n) is 5.50. The molecule has 17 heavy (non-hydrogen) atoms. The van der Waals surface area contributed by atoms with Gasteiger partial charge in [0.15, 0.2) is 0 Å². The molecular formula is C13H10N4. The Morgan fingerprint density at radius 2 is 1.94 bits per heavy atom. The maximum absolute atomic E-state index is 4.40. The Morgan fingerprint density at radius 1 is 1.00 bits per heavy atom. The highest BCUT2D eigenvalue weighted by Gasteiger charge is 2.08. The molecule has 0 unspecified atom stereocenters. The summed E-state index contributed by atoms with van der Waals surface area (Å²) in [7, 11) is 2.02. The van der Waals surface area contributed by atoms with Crippen molar-refractivity contribution in [1.29, 1.82) is 0 Å². The fraction of sp³-hybridized carbons (Fsp3) is 0.0769. The van der Waals surface area contributed by atoms with Crippen molar-refractivity contribution in [2.45, 2.75) is 0 Å². The largest absolute Gasteiger partial charge is 0.333 e. The number of rotatable bonds is 0. The summed E-state index contributed by atoms with van der Waals surface area (Å²) < 4.78 is 4.08. The van der Waals surface area contributed by atoms with Crippen molar-refractivity contribution in [3.05, 3.63) is 43.1 Å². The molecule has 4 aromatic rings. The van der Waals surface area contributed by atoms with E-state index in [1.165, 1.54) is 5.39 Å². The van der Waals surface area contributed by atoms with Crippen LogP contribution in [0.2, 0.25) is 0 Å². The summed E-state index contributed by atoms with van der Waals surface area (Å²) in [5.74, 6) is 0. The molecule has 0 aliphatic carbocycles. The standard InChI is InChI=1S/C13H10N4/c1-16-8-15-11-3-2-10-9(12(11)16)4-6-17-7-5-14-13(10)17/h2-8H,1H3. The Hall–Kier alpha value is -2.36. The van der Waals surface area contributed by atoms with Gasteiger partial charge in [-0.15, -0.1) is 0 Å². The summed E-state index contributed by atoms with van der Waals surface area (Å²) in [5.41, 5.74) is 3.18. The summed E-state index contributed by atoms with van der Waals surface area (Å²) in [5, 5.41) is 2.36. The minimum absolute atomic E-state index is 0.991. The number of benzene rings is 1. The Morgan fingerprint density at radius 3 is 2.88 bits per heavy atom. The second-order valence-electron chi connectivity index (χ2n) is 4.22. The minimum atomic E-state index is 0.991. The number of fused-ring (bicyclic) bond motifs is 5. The van der Waals surface area contributed by atoms with Crippen LogP contribution in [0.15, 0.2) is 43.1 Å². The van der Waals surface area contributed by atoms with E-state index in [9.17, 15) is 0 Å². The summed E-state index contributed by atoms with van der Waals surface area (Å²) >= 11 is 0. The van der Waals surface area contributed by atoms with Crippen molar-refractivity contribution in [2.24, 2.45) is 7.05 Å². The third kappa shape index (κ3) is 1.02. The van der Waals surface area contributed by atoms with Gasteiger partial charge < -0.3 is 8.97 Å². The minimum Gasteiger partial charge on any atom is -0.333 e. The number of aromatic nitrogens is 4. The Labute approximate surface area is 97.1 Å². The highest BCUT2D eigenvalue weighted by molar-refractivity contribution is 6.09.